The van der Waals surface area contributed by atoms with Gasteiger partial charge in [0, 0.05) is 0 Å². The van der Waals surface area contributed by atoms with Gasteiger partial charge in [0.25, 0.3) is 10.0 Å². The van der Waals surface area contributed by atoms with Crippen LogP contribution in [0.4, 0.5) is 26.3 Å². The Morgan fingerprint density at radius 1 is 0.885 bits per heavy atom. The highest BCUT2D eigenvalue weighted by Crippen LogP contribution is 2.50. The van der Waals surface area contributed by atoms with E-state index in [1.807, 2.05) is 0 Å². The Morgan fingerprint density at radius 3 is 1.65 bits per heavy atom. The molecule has 0 unspecified atom stereocenters. The molecular weight excluding hydrogens is 416 g/mol. The molecule has 0 aliphatic rings. The number of alkyl halides is 6. The molecule has 26 heavy (non-hydrogen) atoms. The fourth-order valence-corrected chi connectivity index (χ4v) is 3.05. The third-order valence-corrected chi connectivity index (χ3v) is 5.42. The lowest BCUT2D eigenvalue weighted by Crippen LogP contribution is -2.62. The van der Waals surface area contributed by atoms with E-state index in [1.54, 1.807) is 13.8 Å². The van der Waals surface area contributed by atoms with Crippen molar-refractivity contribution in [1.29, 1.82) is 0 Å². The van der Waals surface area contributed by atoms with Gasteiger partial charge in [0.1, 0.15) is 5.75 Å². The topological polar surface area (TPSA) is 104 Å². The van der Waals surface area contributed by atoms with E-state index >= 15 is 0 Å². The monoisotopic (exact) mass is 429 g/mol. The molecule has 2 N–H and O–H groups in total. The first-order valence-corrected chi connectivity index (χ1v) is 9.53. The van der Waals surface area contributed by atoms with Gasteiger partial charge < -0.3 is 4.18 Å². The van der Waals surface area contributed by atoms with Crippen LogP contribution in [0.1, 0.15) is 25.3 Å². The standard InChI is InChI=1S/C12H13F6NO5S2/c1-7(2)8-3-5-9(6-4-8)24-26(22,23)12(17,18)10(13,14)11(15,16)25(19,20)21/h3-7H,1-2H3,(H2,19,20,21). The maximum absolute atomic E-state index is 13.6. The highest BCUT2D eigenvalue weighted by Gasteiger charge is 2.82. The minimum atomic E-state index is -6.91. The predicted octanol–water partition coefficient (Wildman–Crippen LogP) is 2.63. The van der Waals surface area contributed by atoms with Gasteiger partial charge in [-0.1, -0.05) is 26.0 Å². The van der Waals surface area contributed by atoms with Crippen LogP contribution in [-0.2, 0) is 20.1 Å². The summed E-state index contributed by atoms with van der Waals surface area (Å²) in [4.78, 5) is 0. The second kappa shape index (κ2) is 6.56. The smallest absolute Gasteiger partial charge is 0.378 e. The minimum Gasteiger partial charge on any atom is -0.378 e. The molecule has 0 saturated heterocycles. The molecule has 1 rings (SSSR count). The fourth-order valence-electron chi connectivity index (χ4n) is 1.59. The van der Waals surface area contributed by atoms with Crippen LogP contribution in [0.15, 0.2) is 24.3 Å². The Kier molecular flexibility index (Phi) is 5.68. The van der Waals surface area contributed by atoms with E-state index in [1.165, 1.54) is 12.1 Å². The van der Waals surface area contributed by atoms with Crippen LogP contribution < -0.4 is 9.32 Å². The zero-order chi connectivity index (χ0) is 20.8. The molecule has 14 heteroatoms. The largest absolute Gasteiger partial charge is 0.450 e. The number of benzene rings is 1. The van der Waals surface area contributed by atoms with Crippen molar-refractivity contribution in [2.24, 2.45) is 5.14 Å². The summed E-state index contributed by atoms with van der Waals surface area (Å²) >= 11 is 0. The summed E-state index contributed by atoms with van der Waals surface area (Å²) in [7, 11) is -13.3. The molecule has 6 nitrogen and oxygen atoms in total. The number of rotatable bonds is 7. The number of nitrogens with two attached hydrogens (primary N) is 1. The summed E-state index contributed by atoms with van der Waals surface area (Å²) in [5.41, 5.74) is 0.604. The Balaban J connectivity index is 3.32. The molecule has 0 fully saturated rings. The van der Waals surface area contributed by atoms with Crippen LogP contribution in [0.2, 0.25) is 0 Å². The first-order chi connectivity index (χ1) is 11.4. The number of sulfonamides is 1. The normalized spacial score (nSPS) is 14.5. The summed E-state index contributed by atoms with van der Waals surface area (Å²) in [5, 5.41) is -9.39. The molecule has 0 bridgehead atoms. The second-order valence-electron chi connectivity index (χ2n) is 5.41. The lowest BCUT2D eigenvalue weighted by atomic mass is 10.0. The number of hydrogen-bond donors (Lipinski definition) is 1. The zero-order valence-electron chi connectivity index (χ0n) is 13.1. The average molecular weight is 429 g/mol. The van der Waals surface area contributed by atoms with E-state index in [0.717, 1.165) is 12.1 Å². The zero-order valence-corrected chi connectivity index (χ0v) is 14.7. The van der Waals surface area contributed by atoms with Crippen LogP contribution in [0.25, 0.3) is 0 Å². The van der Waals surface area contributed by atoms with E-state index < -0.39 is 42.3 Å². The average Bonchev–Trinajstić information content (AvgIpc) is 2.45. The molecule has 0 heterocycles. The molecule has 1 aromatic carbocycles. The lowest BCUT2D eigenvalue weighted by molar-refractivity contribution is -0.245. The van der Waals surface area contributed by atoms with Gasteiger partial charge in [-0.3, -0.25) is 0 Å². The first kappa shape index (κ1) is 22.5. The van der Waals surface area contributed by atoms with Gasteiger partial charge in [-0.2, -0.15) is 34.8 Å². The number of primary sulfonamides is 1. The van der Waals surface area contributed by atoms with Crippen molar-refractivity contribution in [1.82, 2.24) is 0 Å². The maximum Gasteiger partial charge on any atom is 0.450 e. The van der Waals surface area contributed by atoms with E-state index in [9.17, 15) is 43.2 Å². The summed E-state index contributed by atoms with van der Waals surface area (Å²) in [6.45, 7) is 3.47. The van der Waals surface area contributed by atoms with Gasteiger partial charge >= 0.3 is 26.5 Å². The molecule has 1 aromatic rings. The van der Waals surface area contributed by atoms with Crippen molar-refractivity contribution in [2.45, 2.75) is 36.2 Å². The van der Waals surface area contributed by atoms with E-state index in [4.69, 9.17) is 0 Å². The summed E-state index contributed by atoms with van der Waals surface area (Å²) in [5.74, 6) is -7.84. The summed E-state index contributed by atoms with van der Waals surface area (Å²) in [6, 6.07) is 4.12. The van der Waals surface area contributed by atoms with E-state index in [2.05, 4.69) is 9.32 Å². The van der Waals surface area contributed by atoms with Gasteiger partial charge in [0.05, 0.1) is 0 Å². The molecule has 0 spiro atoms. The van der Waals surface area contributed by atoms with Crippen LogP contribution >= 0.6 is 0 Å². The SMILES string of the molecule is CC(C)c1ccc(OS(=O)(=O)C(F)(F)C(F)(F)C(F)(F)S(N)(=O)=O)cc1. The third kappa shape index (κ3) is 3.62. The van der Waals surface area contributed by atoms with Crippen LogP contribution in [0.3, 0.4) is 0 Å². The van der Waals surface area contributed by atoms with Crippen LogP contribution in [0.5, 0.6) is 5.75 Å². The van der Waals surface area contributed by atoms with E-state index in [-0.39, 0.29) is 5.92 Å². The fraction of sp³-hybridized carbons (Fsp3) is 0.500. The molecule has 0 amide bonds. The molecule has 0 radical (unpaired) electrons. The van der Waals surface area contributed by atoms with Gasteiger partial charge in [0.15, 0.2) is 0 Å². The summed E-state index contributed by atoms with van der Waals surface area (Å²) < 4.78 is 128. The van der Waals surface area contributed by atoms with Crippen molar-refractivity contribution < 1.29 is 47.4 Å². The Morgan fingerprint density at radius 2 is 1.31 bits per heavy atom. The maximum atomic E-state index is 13.6. The number of hydrogen-bond acceptors (Lipinski definition) is 5. The van der Waals surface area contributed by atoms with Gasteiger partial charge in [0.2, 0.25) is 0 Å². The predicted molar refractivity (Wildman–Crippen MR) is 78.0 cm³/mol. The highest BCUT2D eigenvalue weighted by atomic mass is 32.2. The Labute approximate surface area is 145 Å². The van der Waals surface area contributed by atoms with E-state index in [0.29, 0.717) is 5.56 Å². The molecule has 0 saturated carbocycles. The number of halogens is 6. The van der Waals surface area contributed by atoms with Crippen molar-refractivity contribution in [2.75, 3.05) is 0 Å². The summed E-state index contributed by atoms with van der Waals surface area (Å²) in [6.07, 6.45) is 0. The van der Waals surface area contributed by atoms with Crippen LogP contribution in [-0.4, -0.2) is 33.3 Å². The molecule has 0 aliphatic carbocycles. The van der Waals surface area contributed by atoms with Crippen molar-refractivity contribution in [3.05, 3.63) is 29.8 Å². The lowest BCUT2D eigenvalue weighted by Gasteiger charge is -2.30. The highest BCUT2D eigenvalue weighted by molar-refractivity contribution is 7.90. The molecule has 0 aromatic heterocycles. The minimum absolute atomic E-state index is 0.0557. The van der Waals surface area contributed by atoms with Crippen LogP contribution in [0, 0.1) is 0 Å². The van der Waals surface area contributed by atoms with Gasteiger partial charge in [-0.05, 0) is 23.6 Å². The molecule has 150 valence electrons. The third-order valence-electron chi connectivity index (χ3n) is 3.16. The van der Waals surface area contributed by atoms with Gasteiger partial charge in [-0.25, -0.2) is 13.6 Å². The van der Waals surface area contributed by atoms with Crippen molar-refractivity contribution in [3.63, 3.8) is 0 Å². The Bertz CT molecular complexity index is 866. The van der Waals surface area contributed by atoms with Crippen molar-refractivity contribution in [3.8, 4) is 5.75 Å². The molecule has 0 aliphatic heterocycles. The molecular formula is C12H13F6NO5S2. The quantitative estimate of drug-likeness (QED) is 0.530. The van der Waals surface area contributed by atoms with Gasteiger partial charge in [-0.15, -0.1) is 0 Å². The molecule has 0 atom stereocenters. The Hall–Kier alpha value is -1.54. The first-order valence-electron chi connectivity index (χ1n) is 6.58. The van der Waals surface area contributed by atoms with Crippen molar-refractivity contribution >= 4 is 20.1 Å². The second-order valence-corrected chi connectivity index (χ2v) is 8.60.